The number of nitrogens with zero attached hydrogens (tertiary/aromatic N) is 1. The fraction of sp³-hybridized carbons (Fsp3) is 0.474. The lowest BCUT2D eigenvalue weighted by atomic mass is 9.96. The highest BCUT2D eigenvalue weighted by molar-refractivity contribution is 5.94. The van der Waals surface area contributed by atoms with Crippen molar-refractivity contribution in [3.8, 4) is 5.75 Å². The van der Waals surface area contributed by atoms with Gasteiger partial charge in [0.15, 0.2) is 5.69 Å². The number of aromatic amines is 1. The number of H-pyrrole nitrogens is 1. The van der Waals surface area contributed by atoms with Crippen LogP contribution in [0.1, 0.15) is 60.1 Å². The first-order valence-corrected chi connectivity index (χ1v) is 8.83. The summed E-state index contributed by atoms with van der Waals surface area (Å²) in [6.07, 6.45) is 3.38. The number of hydrogen-bond donors (Lipinski definition) is 3. The minimum absolute atomic E-state index is 0.106. The minimum atomic E-state index is -0.771. The molecule has 25 heavy (non-hydrogen) atoms. The molecule has 0 saturated carbocycles. The summed E-state index contributed by atoms with van der Waals surface area (Å²) in [5.74, 6) is 0.524. The zero-order valence-corrected chi connectivity index (χ0v) is 14.7. The summed E-state index contributed by atoms with van der Waals surface area (Å²) < 4.78 is 5.59. The highest BCUT2D eigenvalue weighted by atomic mass is 16.5. The van der Waals surface area contributed by atoms with Gasteiger partial charge in [0.05, 0.1) is 12.2 Å². The molecule has 2 aromatic rings. The minimum Gasteiger partial charge on any atom is -0.491 e. The molecule has 0 saturated heterocycles. The zero-order chi connectivity index (χ0) is 17.8. The molecule has 1 aromatic carbocycles. The van der Waals surface area contributed by atoms with Gasteiger partial charge in [0.25, 0.3) is 5.91 Å². The normalized spacial score (nSPS) is 14.9. The van der Waals surface area contributed by atoms with Crippen molar-refractivity contribution in [2.75, 3.05) is 6.54 Å². The van der Waals surface area contributed by atoms with Crippen LogP contribution < -0.4 is 10.1 Å². The number of benzene rings is 1. The predicted molar refractivity (Wildman–Crippen MR) is 94.7 cm³/mol. The number of carbonyl (C=O) groups is 1. The molecule has 3 N–H and O–H groups in total. The van der Waals surface area contributed by atoms with Crippen molar-refractivity contribution in [1.82, 2.24) is 15.5 Å². The van der Waals surface area contributed by atoms with E-state index >= 15 is 0 Å². The molecular formula is C19H25N3O3. The summed E-state index contributed by atoms with van der Waals surface area (Å²) in [5.41, 5.74) is 3.29. The quantitative estimate of drug-likeness (QED) is 0.752. The van der Waals surface area contributed by atoms with E-state index in [1.165, 1.54) is 0 Å². The molecule has 1 unspecified atom stereocenters. The van der Waals surface area contributed by atoms with E-state index in [-0.39, 0.29) is 18.6 Å². The number of fused-ring (bicyclic) bond motifs is 1. The Morgan fingerprint density at radius 3 is 2.72 bits per heavy atom. The van der Waals surface area contributed by atoms with Gasteiger partial charge in [-0.1, -0.05) is 12.1 Å². The molecule has 1 aliphatic rings. The third-order valence-corrected chi connectivity index (χ3v) is 4.36. The molecule has 0 radical (unpaired) electrons. The van der Waals surface area contributed by atoms with Crippen molar-refractivity contribution in [3.63, 3.8) is 0 Å². The maximum absolute atomic E-state index is 12.4. The van der Waals surface area contributed by atoms with E-state index in [4.69, 9.17) is 4.74 Å². The average Bonchev–Trinajstić information content (AvgIpc) is 3.03. The molecule has 134 valence electrons. The average molecular weight is 343 g/mol. The lowest BCUT2D eigenvalue weighted by Gasteiger charge is -2.15. The Kier molecular flexibility index (Phi) is 5.38. The zero-order valence-electron chi connectivity index (χ0n) is 14.7. The largest absolute Gasteiger partial charge is 0.491 e. The van der Waals surface area contributed by atoms with E-state index in [1.54, 1.807) is 0 Å². The van der Waals surface area contributed by atoms with Crippen LogP contribution in [-0.2, 0) is 12.8 Å². The van der Waals surface area contributed by atoms with Gasteiger partial charge >= 0.3 is 0 Å². The molecule has 0 bridgehead atoms. The summed E-state index contributed by atoms with van der Waals surface area (Å²) in [5, 5.41) is 20.2. The van der Waals surface area contributed by atoms with Gasteiger partial charge in [-0.2, -0.15) is 5.10 Å². The molecule has 1 heterocycles. The third-order valence-electron chi connectivity index (χ3n) is 4.36. The lowest BCUT2D eigenvalue weighted by molar-refractivity contribution is 0.0910. The summed E-state index contributed by atoms with van der Waals surface area (Å²) in [6.45, 7) is 4.07. The topological polar surface area (TPSA) is 87.2 Å². The van der Waals surface area contributed by atoms with Crippen LogP contribution >= 0.6 is 0 Å². The van der Waals surface area contributed by atoms with Gasteiger partial charge in [-0.05, 0) is 57.2 Å². The molecule has 0 fully saturated rings. The van der Waals surface area contributed by atoms with Crippen molar-refractivity contribution < 1.29 is 14.6 Å². The Labute approximate surface area is 147 Å². The van der Waals surface area contributed by atoms with Gasteiger partial charge < -0.3 is 15.2 Å². The SMILES string of the molecule is CC(C)Oc1ccc(C(O)CNC(=O)c2n[nH]c3c2CCCC3)cc1. The van der Waals surface area contributed by atoms with Gasteiger partial charge in [0, 0.05) is 17.8 Å². The van der Waals surface area contributed by atoms with Gasteiger partial charge in [0.1, 0.15) is 5.75 Å². The number of ether oxygens (including phenoxy) is 1. The van der Waals surface area contributed by atoms with Crippen LogP contribution in [0.15, 0.2) is 24.3 Å². The summed E-state index contributed by atoms with van der Waals surface area (Å²) in [6, 6.07) is 7.27. The van der Waals surface area contributed by atoms with E-state index in [2.05, 4.69) is 15.5 Å². The first kappa shape index (κ1) is 17.5. The molecule has 6 nitrogen and oxygen atoms in total. The monoisotopic (exact) mass is 343 g/mol. The van der Waals surface area contributed by atoms with Crippen LogP contribution in [0.2, 0.25) is 0 Å². The van der Waals surface area contributed by atoms with E-state index in [0.29, 0.717) is 5.69 Å². The fourth-order valence-corrected chi connectivity index (χ4v) is 3.10. The van der Waals surface area contributed by atoms with Crippen LogP contribution in [0, 0.1) is 0 Å². The number of amides is 1. The maximum atomic E-state index is 12.4. The highest BCUT2D eigenvalue weighted by Crippen LogP contribution is 2.22. The van der Waals surface area contributed by atoms with Crippen LogP contribution in [-0.4, -0.2) is 33.9 Å². The van der Waals surface area contributed by atoms with E-state index in [9.17, 15) is 9.90 Å². The van der Waals surface area contributed by atoms with Crippen molar-refractivity contribution >= 4 is 5.91 Å². The second kappa shape index (κ2) is 7.70. The Balaban J connectivity index is 1.57. The standard InChI is InChI=1S/C19H25N3O3/c1-12(2)25-14-9-7-13(8-10-14)17(23)11-20-19(24)18-15-5-3-4-6-16(15)21-22-18/h7-10,12,17,23H,3-6,11H2,1-2H3,(H,20,24)(H,21,22). The number of aliphatic hydroxyl groups is 1. The van der Waals surface area contributed by atoms with Crippen LogP contribution in [0.5, 0.6) is 5.75 Å². The van der Waals surface area contributed by atoms with Gasteiger partial charge in [0.2, 0.25) is 0 Å². The van der Waals surface area contributed by atoms with E-state index in [1.807, 2.05) is 38.1 Å². The third kappa shape index (κ3) is 4.20. The fourth-order valence-electron chi connectivity index (χ4n) is 3.10. The smallest absolute Gasteiger partial charge is 0.272 e. The first-order chi connectivity index (χ1) is 12.0. The van der Waals surface area contributed by atoms with E-state index in [0.717, 1.165) is 48.3 Å². The van der Waals surface area contributed by atoms with Crippen molar-refractivity contribution in [2.45, 2.75) is 51.7 Å². The van der Waals surface area contributed by atoms with E-state index < -0.39 is 6.10 Å². The number of aromatic nitrogens is 2. The maximum Gasteiger partial charge on any atom is 0.272 e. The van der Waals surface area contributed by atoms with Crippen molar-refractivity contribution in [1.29, 1.82) is 0 Å². The molecule has 0 aliphatic heterocycles. The number of aliphatic hydroxyl groups excluding tert-OH is 1. The van der Waals surface area contributed by atoms with Gasteiger partial charge in [-0.25, -0.2) is 0 Å². The Morgan fingerprint density at radius 2 is 2.00 bits per heavy atom. The second-order valence-corrected chi connectivity index (χ2v) is 6.70. The number of rotatable bonds is 6. The number of hydrogen-bond acceptors (Lipinski definition) is 4. The Morgan fingerprint density at radius 1 is 1.28 bits per heavy atom. The predicted octanol–water partition coefficient (Wildman–Crippen LogP) is 2.54. The number of aryl methyl sites for hydroxylation is 1. The molecule has 3 rings (SSSR count). The van der Waals surface area contributed by atoms with Gasteiger partial charge in [-0.3, -0.25) is 9.89 Å². The number of nitrogens with one attached hydrogen (secondary N) is 2. The molecule has 1 amide bonds. The van der Waals surface area contributed by atoms with Gasteiger partial charge in [-0.15, -0.1) is 0 Å². The first-order valence-electron chi connectivity index (χ1n) is 8.83. The Hall–Kier alpha value is -2.34. The summed E-state index contributed by atoms with van der Waals surface area (Å²) >= 11 is 0. The highest BCUT2D eigenvalue weighted by Gasteiger charge is 2.22. The second-order valence-electron chi connectivity index (χ2n) is 6.70. The number of carbonyl (C=O) groups excluding carboxylic acids is 1. The lowest BCUT2D eigenvalue weighted by Crippen LogP contribution is -2.29. The summed E-state index contributed by atoms with van der Waals surface area (Å²) in [4.78, 5) is 12.4. The molecule has 0 spiro atoms. The van der Waals surface area contributed by atoms with Crippen LogP contribution in [0.4, 0.5) is 0 Å². The van der Waals surface area contributed by atoms with Crippen LogP contribution in [0.3, 0.4) is 0 Å². The molecule has 1 atom stereocenters. The molecule has 1 aromatic heterocycles. The molecule has 6 heteroatoms. The van der Waals surface area contributed by atoms with Crippen molar-refractivity contribution in [3.05, 3.63) is 46.8 Å². The van der Waals surface area contributed by atoms with Crippen LogP contribution in [0.25, 0.3) is 0 Å². The molecular weight excluding hydrogens is 318 g/mol. The summed E-state index contributed by atoms with van der Waals surface area (Å²) in [7, 11) is 0. The van der Waals surface area contributed by atoms with Crippen molar-refractivity contribution in [2.24, 2.45) is 0 Å². The molecule has 1 aliphatic carbocycles. The Bertz CT molecular complexity index is 722.